The minimum atomic E-state index is -1.04. The molecule has 2 atom stereocenters. The molecule has 1 aliphatic heterocycles. The van der Waals surface area contributed by atoms with Crippen LogP contribution in [-0.4, -0.2) is 19.8 Å². The van der Waals surface area contributed by atoms with Gasteiger partial charge in [0.1, 0.15) is 6.61 Å². The Morgan fingerprint density at radius 3 is 2.43 bits per heavy atom. The molecule has 2 aromatic rings. The van der Waals surface area contributed by atoms with Gasteiger partial charge in [0.15, 0.2) is 11.5 Å². The van der Waals surface area contributed by atoms with E-state index in [1.807, 2.05) is 18.2 Å². The van der Waals surface area contributed by atoms with Crippen LogP contribution in [0.15, 0.2) is 49.1 Å². The summed E-state index contributed by atoms with van der Waals surface area (Å²) in [5.41, 5.74) is 2.12. The smallest absolute Gasteiger partial charge is 0.204 e. The van der Waals surface area contributed by atoms with Gasteiger partial charge in [0.2, 0.25) is 11.6 Å². The Kier molecular flexibility index (Phi) is 7.04. The van der Waals surface area contributed by atoms with E-state index in [1.54, 1.807) is 0 Å². The van der Waals surface area contributed by atoms with Crippen LogP contribution in [0, 0.1) is 11.6 Å². The normalized spacial score (nSPS) is 19.2. The first kappa shape index (κ1) is 20.3. The summed E-state index contributed by atoms with van der Waals surface area (Å²) in [6.45, 7) is 4.65. The van der Waals surface area contributed by atoms with Crippen molar-refractivity contribution in [1.29, 1.82) is 0 Å². The third-order valence-electron chi connectivity index (χ3n) is 5.14. The van der Waals surface area contributed by atoms with E-state index < -0.39 is 11.6 Å². The molecule has 1 fully saturated rings. The molecule has 1 heterocycles. The van der Waals surface area contributed by atoms with Crippen molar-refractivity contribution in [3.63, 3.8) is 0 Å². The minimum Gasteiger partial charge on any atom is -0.494 e. The van der Waals surface area contributed by atoms with Crippen LogP contribution in [-0.2, 0) is 11.3 Å². The van der Waals surface area contributed by atoms with Gasteiger partial charge in [-0.05, 0) is 48.9 Å². The van der Waals surface area contributed by atoms with E-state index in [1.165, 1.54) is 24.8 Å². The number of methoxy groups -OCH3 is 1. The summed E-state index contributed by atoms with van der Waals surface area (Å²) in [6, 6.07) is 10.7. The summed E-state index contributed by atoms with van der Waals surface area (Å²) < 4.78 is 43.9. The van der Waals surface area contributed by atoms with Gasteiger partial charge in [-0.3, -0.25) is 0 Å². The summed E-state index contributed by atoms with van der Waals surface area (Å²) in [6.07, 6.45) is 6.46. The number of halogens is 2. The van der Waals surface area contributed by atoms with Crippen molar-refractivity contribution in [1.82, 2.24) is 0 Å². The van der Waals surface area contributed by atoms with Crippen LogP contribution in [0.2, 0.25) is 0 Å². The first-order chi connectivity index (χ1) is 13.6. The molecule has 2 unspecified atom stereocenters. The van der Waals surface area contributed by atoms with Gasteiger partial charge in [0.25, 0.3) is 0 Å². The van der Waals surface area contributed by atoms with E-state index in [0.717, 1.165) is 37.9 Å². The maximum Gasteiger partial charge on any atom is 0.204 e. The summed E-state index contributed by atoms with van der Waals surface area (Å²) in [7, 11) is 1.29. The van der Waals surface area contributed by atoms with Gasteiger partial charge in [-0.1, -0.05) is 30.3 Å². The topological polar surface area (TPSA) is 27.7 Å². The van der Waals surface area contributed by atoms with Gasteiger partial charge in [-0.25, -0.2) is 0 Å². The number of rotatable bonds is 8. The monoisotopic (exact) mass is 388 g/mol. The maximum absolute atomic E-state index is 14.0. The van der Waals surface area contributed by atoms with E-state index in [2.05, 4.69) is 18.7 Å². The molecule has 28 heavy (non-hydrogen) atoms. The van der Waals surface area contributed by atoms with Crippen molar-refractivity contribution in [2.24, 2.45) is 0 Å². The number of allylic oxidation sites excluding steroid dienone is 1. The molecule has 3 rings (SSSR count). The fourth-order valence-electron chi connectivity index (χ4n) is 3.43. The van der Waals surface area contributed by atoms with Crippen LogP contribution in [0.5, 0.6) is 11.5 Å². The molecule has 2 aromatic carbocycles. The van der Waals surface area contributed by atoms with Crippen LogP contribution in [0.3, 0.4) is 0 Å². The zero-order chi connectivity index (χ0) is 19.9. The van der Waals surface area contributed by atoms with Crippen LogP contribution in [0.1, 0.15) is 42.7 Å². The van der Waals surface area contributed by atoms with Crippen LogP contribution < -0.4 is 9.47 Å². The average molecular weight is 388 g/mol. The molecule has 0 aliphatic carbocycles. The summed E-state index contributed by atoms with van der Waals surface area (Å²) in [5, 5.41) is 0. The van der Waals surface area contributed by atoms with E-state index in [0.29, 0.717) is 12.0 Å². The van der Waals surface area contributed by atoms with E-state index in [4.69, 9.17) is 14.2 Å². The standard InChI is InChI=1S/C23H26F2O3/c1-3-4-5-19-11-10-18(15-27-19)17-8-6-16(7-9-17)14-28-21-13-12-20(26-2)22(24)23(21)25/h3,6-9,12-13,18-19H,1,4-5,10-11,14-15H2,2H3. The molecular formula is C23H26F2O3. The maximum atomic E-state index is 14.0. The predicted molar refractivity (Wildman–Crippen MR) is 105 cm³/mol. The molecule has 150 valence electrons. The van der Waals surface area contributed by atoms with Crippen molar-refractivity contribution >= 4 is 0 Å². The van der Waals surface area contributed by atoms with Gasteiger partial charge in [-0.15, -0.1) is 6.58 Å². The van der Waals surface area contributed by atoms with Crippen LogP contribution >= 0.6 is 0 Å². The van der Waals surface area contributed by atoms with Crippen molar-refractivity contribution in [2.75, 3.05) is 13.7 Å². The molecule has 0 aromatic heterocycles. The lowest BCUT2D eigenvalue weighted by molar-refractivity contribution is -0.000178. The lowest BCUT2D eigenvalue weighted by Gasteiger charge is -2.29. The van der Waals surface area contributed by atoms with Crippen molar-refractivity contribution in [3.05, 3.63) is 71.8 Å². The molecule has 0 N–H and O–H groups in total. The highest BCUT2D eigenvalue weighted by Gasteiger charge is 2.22. The number of benzene rings is 2. The second kappa shape index (κ2) is 9.69. The third kappa shape index (κ3) is 4.90. The summed E-state index contributed by atoms with van der Waals surface area (Å²) in [4.78, 5) is 0. The highest BCUT2D eigenvalue weighted by molar-refractivity contribution is 5.35. The van der Waals surface area contributed by atoms with Gasteiger partial charge in [0, 0.05) is 5.92 Å². The summed E-state index contributed by atoms with van der Waals surface area (Å²) >= 11 is 0. The number of ether oxygens (including phenoxy) is 3. The van der Waals surface area contributed by atoms with Crippen LogP contribution in [0.25, 0.3) is 0 Å². The Hall–Kier alpha value is -2.40. The number of hydrogen-bond acceptors (Lipinski definition) is 3. The van der Waals surface area contributed by atoms with E-state index in [-0.39, 0.29) is 18.1 Å². The molecule has 1 saturated heterocycles. The molecule has 0 saturated carbocycles. The van der Waals surface area contributed by atoms with Crippen molar-refractivity contribution < 1.29 is 23.0 Å². The molecule has 0 bridgehead atoms. The first-order valence-corrected chi connectivity index (χ1v) is 9.58. The highest BCUT2D eigenvalue weighted by atomic mass is 19.2. The lowest BCUT2D eigenvalue weighted by Crippen LogP contribution is -2.24. The van der Waals surface area contributed by atoms with Gasteiger partial charge < -0.3 is 14.2 Å². The Balaban J connectivity index is 1.54. The zero-order valence-corrected chi connectivity index (χ0v) is 16.1. The second-order valence-corrected chi connectivity index (χ2v) is 7.02. The lowest BCUT2D eigenvalue weighted by atomic mass is 9.90. The van der Waals surface area contributed by atoms with E-state index in [9.17, 15) is 8.78 Å². The molecule has 3 nitrogen and oxygen atoms in total. The van der Waals surface area contributed by atoms with Crippen LogP contribution in [0.4, 0.5) is 8.78 Å². The molecule has 0 radical (unpaired) electrons. The molecule has 0 spiro atoms. The van der Waals surface area contributed by atoms with Gasteiger partial charge in [-0.2, -0.15) is 8.78 Å². The quantitative estimate of drug-likeness (QED) is 0.537. The Bertz CT molecular complexity index is 781. The van der Waals surface area contributed by atoms with E-state index >= 15 is 0 Å². The van der Waals surface area contributed by atoms with Crippen molar-refractivity contribution in [2.45, 2.75) is 44.3 Å². The molecule has 1 aliphatic rings. The zero-order valence-electron chi connectivity index (χ0n) is 16.1. The molecular weight excluding hydrogens is 362 g/mol. The molecule has 0 amide bonds. The van der Waals surface area contributed by atoms with Gasteiger partial charge >= 0.3 is 0 Å². The Labute approximate surface area is 164 Å². The Morgan fingerprint density at radius 2 is 1.79 bits per heavy atom. The Morgan fingerprint density at radius 1 is 1.07 bits per heavy atom. The second-order valence-electron chi connectivity index (χ2n) is 7.02. The highest BCUT2D eigenvalue weighted by Crippen LogP contribution is 2.31. The largest absolute Gasteiger partial charge is 0.494 e. The third-order valence-corrected chi connectivity index (χ3v) is 5.14. The minimum absolute atomic E-state index is 0.131. The first-order valence-electron chi connectivity index (χ1n) is 9.58. The predicted octanol–water partition coefficient (Wildman–Crippen LogP) is 5.78. The average Bonchev–Trinajstić information content (AvgIpc) is 2.74. The SMILES string of the molecule is C=CCCC1CCC(c2ccc(COc3ccc(OC)c(F)c3F)cc2)CO1. The number of hydrogen-bond donors (Lipinski definition) is 0. The van der Waals surface area contributed by atoms with Crippen molar-refractivity contribution in [3.8, 4) is 11.5 Å². The fraction of sp³-hybridized carbons (Fsp3) is 0.391. The summed E-state index contributed by atoms with van der Waals surface area (Å²) in [5.74, 6) is -1.97. The fourth-order valence-corrected chi connectivity index (χ4v) is 3.43. The van der Waals surface area contributed by atoms with Gasteiger partial charge in [0.05, 0.1) is 19.8 Å². The molecule has 5 heteroatoms.